The fourth-order valence-corrected chi connectivity index (χ4v) is 13.1. The summed E-state index contributed by atoms with van der Waals surface area (Å²) in [6, 6.07) is 10.6. The molecule has 6 aliphatic rings. The Labute approximate surface area is 338 Å². The number of likely N-dealkylation sites (N-methyl/N-ethyl adjacent to an activating group) is 1. The van der Waals surface area contributed by atoms with Crippen LogP contribution < -0.4 is 9.64 Å². The maximum atomic E-state index is 15.2. The number of rotatable bonds is 7. The third-order valence-electron chi connectivity index (χ3n) is 15.0. The molecule has 2 bridgehead atoms. The van der Waals surface area contributed by atoms with Gasteiger partial charge in [-0.15, -0.1) is 0 Å². The second-order valence-corrected chi connectivity index (χ2v) is 17.6. The van der Waals surface area contributed by atoms with Crippen LogP contribution in [0.1, 0.15) is 68.8 Å². The Morgan fingerprint density at radius 2 is 1.79 bits per heavy atom. The van der Waals surface area contributed by atoms with Crippen LogP contribution in [0.3, 0.4) is 0 Å². The summed E-state index contributed by atoms with van der Waals surface area (Å²) in [7, 11) is 6.08. The van der Waals surface area contributed by atoms with Crippen LogP contribution in [-0.4, -0.2) is 116 Å². The van der Waals surface area contributed by atoms with E-state index >= 15 is 4.79 Å². The number of carbonyl (C=O) groups excluding carboxylic acids is 3. The first-order valence-corrected chi connectivity index (χ1v) is 20.5. The lowest BCUT2D eigenvalue weighted by atomic mass is 9.47. The number of fused-ring (bicyclic) bond motifs is 6. The minimum atomic E-state index is -2.31. The van der Waals surface area contributed by atoms with E-state index in [0.29, 0.717) is 56.0 Å². The molecule has 13 heteroatoms. The van der Waals surface area contributed by atoms with E-state index in [0.717, 1.165) is 39.7 Å². The second kappa shape index (κ2) is 13.2. The van der Waals surface area contributed by atoms with E-state index < -0.39 is 56.5 Å². The summed E-state index contributed by atoms with van der Waals surface area (Å²) in [6.45, 7) is 7.51. The van der Waals surface area contributed by atoms with E-state index in [1.165, 1.54) is 21.1 Å². The zero-order valence-electron chi connectivity index (χ0n) is 34.4. The number of hydroxylamine groups is 3. The van der Waals surface area contributed by atoms with Gasteiger partial charge in [-0.3, -0.25) is 14.5 Å². The Kier molecular flexibility index (Phi) is 8.80. The predicted octanol–water partition coefficient (Wildman–Crippen LogP) is 4.77. The van der Waals surface area contributed by atoms with Crippen molar-refractivity contribution in [1.82, 2.24) is 9.88 Å². The molecule has 9 atom stereocenters. The van der Waals surface area contributed by atoms with Gasteiger partial charge in [0.05, 0.1) is 33.9 Å². The van der Waals surface area contributed by atoms with Gasteiger partial charge >= 0.3 is 17.9 Å². The molecule has 5 aliphatic heterocycles. The third-order valence-corrected chi connectivity index (χ3v) is 15.0. The maximum Gasteiger partial charge on any atom is 0.344 e. The SMILES string of the molecule is CCC1=C[C@H]2C[C@](C(=O)OC)(c3cc4c(cc3OC)N(C)[C@H]3[C@@](O)(C(=O)OC)[C@H](OC(C)=O)[C@]5(CC)C=CCN6CC[C@]43[C@@H]65)c3[nH]c4ccccc4c3C[N@@+]([O-])(C1)C2. The average molecular weight is 795 g/mol. The first kappa shape index (κ1) is 38.8. The number of hydrogen-bond donors (Lipinski definition) is 2. The Morgan fingerprint density at radius 3 is 2.48 bits per heavy atom. The number of aromatic nitrogens is 1. The fraction of sp³-hybridized carbons (Fsp3) is 0.533. The largest absolute Gasteiger partial charge is 0.632 e. The molecule has 1 aromatic heterocycles. The van der Waals surface area contributed by atoms with Gasteiger partial charge in [0.2, 0.25) is 5.60 Å². The highest BCUT2D eigenvalue weighted by Gasteiger charge is 2.80. The van der Waals surface area contributed by atoms with E-state index in [1.807, 2.05) is 61.4 Å². The van der Waals surface area contributed by atoms with Crippen molar-refractivity contribution in [2.45, 2.75) is 87.6 Å². The number of aromatic amines is 1. The number of quaternary nitrogens is 1. The van der Waals surface area contributed by atoms with Crippen LogP contribution in [0, 0.1) is 16.5 Å². The zero-order chi connectivity index (χ0) is 41.2. The van der Waals surface area contributed by atoms with Crippen LogP contribution in [-0.2, 0) is 46.0 Å². The van der Waals surface area contributed by atoms with Gasteiger partial charge in [0.25, 0.3) is 0 Å². The molecular weight excluding hydrogens is 741 g/mol. The average Bonchev–Trinajstić information content (AvgIpc) is 3.86. The lowest BCUT2D eigenvalue weighted by Gasteiger charge is -2.63. The van der Waals surface area contributed by atoms with Crippen LogP contribution in [0.2, 0.25) is 0 Å². The molecule has 308 valence electrons. The minimum absolute atomic E-state index is 0.167. The molecule has 58 heavy (non-hydrogen) atoms. The highest BCUT2D eigenvalue weighted by Crippen LogP contribution is 2.68. The van der Waals surface area contributed by atoms with Gasteiger partial charge in [-0.2, -0.15) is 0 Å². The van der Waals surface area contributed by atoms with Gasteiger partial charge in [-0.25, -0.2) is 4.79 Å². The third kappa shape index (κ3) is 4.81. The normalized spacial score (nSPS) is 35.8. The molecule has 9 rings (SSSR count). The quantitative estimate of drug-likeness (QED) is 0.112. The van der Waals surface area contributed by atoms with E-state index in [2.05, 4.69) is 29.0 Å². The number of ether oxygens (including phenoxy) is 4. The van der Waals surface area contributed by atoms with Gasteiger partial charge in [0.1, 0.15) is 24.3 Å². The first-order valence-electron chi connectivity index (χ1n) is 20.5. The number of esters is 3. The summed E-state index contributed by atoms with van der Waals surface area (Å²) < 4.78 is 23.4. The Balaban J connectivity index is 1.38. The van der Waals surface area contributed by atoms with Gasteiger partial charge in [-0.1, -0.05) is 50.3 Å². The number of carbonyl (C=O) groups is 3. The molecule has 0 radical (unpaired) electrons. The molecule has 1 spiro atoms. The number of anilines is 1. The number of aliphatic hydroxyl groups is 1. The Hall–Kier alpha value is -4.69. The number of H-pyrrole nitrogens is 1. The topological polar surface area (TPSA) is 154 Å². The van der Waals surface area contributed by atoms with E-state index in [1.54, 1.807) is 7.11 Å². The zero-order valence-corrected chi connectivity index (χ0v) is 34.4. The van der Waals surface area contributed by atoms with Crippen molar-refractivity contribution in [1.29, 1.82) is 0 Å². The Bertz CT molecular complexity index is 2300. The molecule has 0 unspecified atom stereocenters. The van der Waals surface area contributed by atoms with Gasteiger partial charge in [0.15, 0.2) is 6.10 Å². The molecule has 2 N–H and O–H groups in total. The van der Waals surface area contributed by atoms with Crippen molar-refractivity contribution in [2.75, 3.05) is 59.5 Å². The lowest BCUT2D eigenvalue weighted by Crippen LogP contribution is -2.81. The summed E-state index contributed by atoms with van der Waals surface area (Å²) in [5.41, 5.74) is -0.280. The highest BCUT2D eigenvalue weighted by atomic mass is 16.6. The molecule has 1 saturated heterocycles. The molecule has 2 aromatic carbocycles. The standard InChI is InChI=1S/C45H54N4O9/c1-8-27-19-28-22-44(40(51)56-6,36-30(25-49(54,23-27)24-28)29-13-10-11-14-33(29)46-36)32-20-31-34(21-35(32)55-5)47(4)38-43(31)16-18-48-17-12-15-42(9-2,37(43)48)39(58-26(3)50)45(38,53)41(52)57-7/h10-15,19-21,28,37-39,46,53H,8-9,16-18,22-25H2,1-7H3/t28-,37-,38+,39+,42+,43+,44-,45-,49+/m0/s1. The van der Waals surface area contributed by atoms with Crippen molar-refractivity contribution < 1.29 is 43.1 Å². The summed E-state index contributed by atoms with van der Waals surface area (Å²) in [5, 5.41) is 29.0. The number of benzene rings is 2. The molecule has 1 aliphatic carbocycles. The van der Waals surface area contributed by atoms with Gasteiger partial charge in [0, 0.05) is 82.8 Å². The maximum absolute atomic E-state index is 15.2. The summed E-state index contributed by atoms with van der Waals surface area (Å²) >= 11 is 0. The fourth-order valence-electron chi connectivity index (χ4n) is 13.1. The van der Waals surface area contributed by atoms with Crippen LogP contribution >= 0.6 is 0 Å². The number of nitrogens with one attached hydrogen (secondary N) is 1. The molecular formula is C45H54N4O9. The van der Waals surface area contributed by atoms with E-state index in [-0.39, 0.29) is 24.9 Å². The number of para-hydroxylation sites is 1. The summed E-state index contributed by atoms with van der Waals surface area (Å²) in [4.78, 5) is 50.5. The number of nitrogens with zero attached hydrogens (tertiary/aromatic N) is 3. The molecule has 1 saturated carbocycles. The molecule has 6 heterocycles. The van der Waals surface area contributed by atoms with E-state index in [4.69, 9.17) is 18.9 Å². The van der Waals surface area contributed by atoms with Crippen molar-refractivity contribution >= 4 is 34.5 Å². The molecule has 2 fully saturated rings. The highest BCUT2D eigenvalue weighted by molar-refractivity contribution is 5.95. The van der Waals surface area contributed by atoms with E-state index in [9.17, 15) is 19.9 Å². The van der Waals surface area contributed by atoms with Crippen molar-refractivity contribution in [3.63, 3.8) is 0 Å². The van der Waals surface area contributed by atoms with Crippen LogP contribution in [0.5, 0.6) is 5.75 Å². The van der Waals surface area contributed by atoms with Gasteiger partial charge < -0.3 is 43.8 Å². The van der Waals surface area contributed by atoms with Crippen LogP contribution in [0.15, 0.2) is 60.2 Å². The van der Waals surface area contributed by atoms with Crippen LogP contribution in [0.4, 0.5) is 5.69 Å². The predicted molar refractivity (Wildman–Crippen MR) is 216 cm³/mol. The minimum Gasteiger partial charge on any atom is -0.632 e. The first-order chi connectivity index (χ1) is 27.7. The van der Waals surface area contributed by atoms with Crippen molar-refractivity contribution in [3.05, 3.63) is 87.8 Å². The number of hydrogen-bond acceptors (Lipinski definition) is 11. The van der Waals surface area contributed by atoms with Gasteiger partial charge in [-0.05, 0) is 55.5 Å². The smallest absolute Gasteiger partial charge is 0.344 e. The lowest BCUT2D eigenvalue weighted by molar-refractivity contribution is -0.894. The molecule has 3 aromatic rings. The second-order valence-electron chi connectivity index (χ2n) is 17.6. The summed E-state index contributed by atoms with van der Waals surface area (Å²) in [6.07, 6.45) is 6.98. The molecule has 13 nitrogen and oxygen atoms in total. The van der Waals surface area contributed by atoms with Crippen LogP contribution in [0.25, 0.3) is 10.9 Å². The molecule has 0 amide bonds. The number of methoxy groups -OCH3 is 3. The monoisotopic (exact) mass is 794 g/mol. The van der Waals surface area contributed by atoms with Crippen molar-refractivity contribution in [2.24, 2.45) is 11.3 Å². The van der Waals surface area contributed by atoms with Crippen molar-refractivity contribution in [3.8, 4) is 5.75 Å². The Morgan fingerprint density at radius 1 is 1.03 bits per heavy atom. The summed E-state index contributed by atoms with van der Waals surface area (Å²) in [5.74, 6) is -1.83.